The molecule has 0 saturated carbocycles. The number of hydrogen-bond acceptors (Lipinski definition) is 5. The predicted molar refractivity (Wildman–Crippen MR) is 106 cm³/mol. The molecule has 1 amide bonds. The number of nitrogens with one attached hydrogen (secondary N) is 1. The van der Waals surface area contributed by atoms with Gasteiger partial charge in [-0.25, -0.2) is 13.9 Å². The fourth-order valence-corrected chi connectivity index (χ4v) is 3.74. The van der Waals surface area contributed by atoms with E-state index < -0.39 is 11.2 Å². The van der Waals surface area contributed by atoms with Crippen LogP contribution in [-0.4, -0.2) is 30.2 Å². The van der Waals surface area contributed by atoms with Gasteiger partial charge >= 0.3 is 5.69 Å². The van der Waals surface area contributed by atoms with Crippen LogP contribution in [0.5, 0.6) is 0 Å². The van der Waals surface area contributed by atoms with Gasteiger partial charge in [0.1, 0.15) is 11.2 Å². The molecule has 0 aromatic carbocycles. The Morgan fingerprint density at radius 1 is 1.30 bits per heavy atom. The van der Waals surface area contributed by atoms with Crippen molar-refractivity contribution in [3.05, 3.63) is 32.3 Å². The van der Waals surface area contributed by atoms with Crippen molar-refractivity contribution in [1.82, 2.24) is 24.1 Å². The van der Waals surface area contributed by atoms with E-state index in [1.807, 2.05) is 20.8 Å². The molecule has 27 heavy (non-hydrogen) atoms. The summed E-state index contributed by atoms with van der Waals surface area (Å²) in [4.78, 5) is 38.0. The summed E-state index contributed by atoms with van der Waals surface area (Å²) in [5.74, 6) is 0.383. The van der Waals surface area contributed by atoms with Gasteiger partial charge in [-0.05, 0) is 44.6 Å². The molecule has 0 atom stereocenters. The summed E-state index contributed by atoms with van der Waals surface area (Å²) in [5.41, 5.74) is -0.437. The smallest absolute Gasteiger partial charge is 0.350 e. The van der Waals surface area contributed by atoms with Gasteiger partial charge in [-0.2, -0.15) is 0 Å². The molecule has 3 aromatic rings. The van der Waals surface area contributed by atoms with Gasteiger partial charge in [0.2, 0.25) is 11.7 Å². The van der Waals surface area contributed by atoms with E-state index in [2.05, 4.69) is 24.3 Å². The van der Waals surface area contributed by atoms with E-state index in [1.54, 1.807) is 16.0 Å². The first-order valence-corrected chi connectivity index (χ1v) is 9.87. The number of amides is 1. The van der Waals surface area contributed by atoms with E-state index in [9.17, 15) is 14.4 Å². The number of aromatic nitrogens is 4. The van der Waals surface area contributed by atoms with Crippen LogP contribution >= 0.6 is 11.3 Å². The molecule has 9 heteroatoms. The van der Waals surface area contributed by atoms with Crippen LogP contribution in [0.3, 0.4) is 0 Å². The Balaban J connectivity index is 2.15. The largest absolute Gasteiger partial charge is 0.352 e. The van der Waals surface area contributed by atoms with E-state index in [1.165, 1.54) is 15.7 Å². The number of nitrogens with zero attached hydrogens (tertiary/aromatic N) is 4. The lowest BCUT2D eigenvalue weighted by atomic mass is 10.1. The zero-order valence-corrected chi connectivity index (χ0v) is 17.1. The van der Waals surface area contributed by atoms with Crippen molar-refractivity contribution >= 4 is 33.2 Å². The molecule has 0 spiro atoms. The second-order valence-electron chi connectivity index (χ2n) is 8.15. The number of carbonyl (C=O) groups excluding carboxylic acids is 1. The van der Waals surface area contributed by atoms with Crippen LogP contribution in [0.4, 0.5) is 0 Å². The summed E-state index contributed by atoms with van der Waals surface area (Å²) < 4.78 is 4.61. The summed E-state index contributed by atoms with van der Waals surface area (Å²) in [6.07, 6.45) is 0.790. The molecule has 0 aliphatic carbocycles. The Labute approximate surface area is 160 Å². The lowest BCUT2D eigenvalue weighted by molar-refractivity contribution is -0.123. The van der Waals surface area contributed by atoms with Crippen LogP contribution in [0.15, 0.2) is 21.0 Å². The molecule has 1 N–H and O–H groups in total. The maximum atomic E-state index is 12.9. The number of fused-ring (bicyclic) bond motifs is 3. The van der Waals surface area contributed by atoms with Crippen LogP contribution in [0.25, 0.3) is 16.0 Å². The zero-order valence-electron chi connectivity index (χ0n) is 16.3. The normalized spacial score (nSPS) is 12.4. The fourth-order valence-electron chi connectivity index (χ4n) is 2.92. The van der Waals surface area contributed by atoms with Gasteiger partial charge in [0, 0.05) is 12.1 Å². The Kier molecular flexibility index (Phi) is 4.98. The Hall–Kier alpha value is -2.42. The molecule has 3 aromatic heterocycles. The minimum absolute atomic E-state index is 0.149. The molecular formula is C18H25N5O3S. The number of carbonyl (C=O) groups is 1. The summed E-state index contributed by atoms with van der Waals surface area (Å²) in [6.45, 7) is 10.0. The quantitative estimate of drug-likeness (QED) is 0.718. The minimum atomic E-state index is -0.421. The second-order valence-corrected chi connectivity index (χ2v) is 9.06. The van der Waals surface area contributed by atoms with Crippen molar-refractivity contribution in [3.8, 4) is 0 Å². The molecular weight excluding hydrogens is 366 g/mol. The average Bonchev–Trinajstić information content (AvgIpc) is 3.11. The maximum absolute atomic E-state index is 12.9. The van der Waals surface area contributed by atoms with E-state index in [0.717, 1.165) is 11.1 Å². The predicted octanol–water partition coefficient (Wildman–Crippen LogP) is 1.83. The summed E-state index contributed by atoms with van der Waals surface area (Å²) >= 11 is 1.31. The van der Waals surface area contributed by atoms with Crippen molar-refractivity contribution in [2.75, 3.05) is 0 Å². The zero-order chi connectivity index (χ0) is 19.9. The third kappa shape index (κ3) is 3.83. The fraction of sp³-hybridized carbons (Fsp3) is 0.556. The topological polar surface area (TPSA) is 90.4 Å². The number of aryl methyl sites for hydroxylation is 1. The van der Waals surface area contributed by atoms with E-state index >= 15 is 0 Å². The van der Waals surface area contributed by atoms with Gasteiger partial charge in [0.15, 0.2) is 0 Å². The third-order valence-electron chi connectivity index (χ3n) is 4.13. The van der Waals surface area contributed by atoms with Crippen molar-refractivity contribution < 1.29 is 4.79 Å². The number of rotatable bonds is 5. The van der Waals surface area contributed by atoms with Crippen LogP contribution in [0.2, 0.25) is 0 Å². The standard InChI is InChI=1S/C18H25N5O3S/c1-11(2)6-8-21-15(25)14-12(7-9-27-14)23-16(21)20-22(17(23)26)10-13(24)19-18(3,4)5/h7,9,11H,6,8,10H2,1-5H3,(H,19,24). The van der Waals surface area contributed by atoms with Crippen molar-refractivity contribution in [2.24, 2.45) is 5.92 Å². The molecule has 3 rings (SSSR count). The highest BCUT2D eigenvalue weighted by atomic mass is 32.1. The first kappa shape index (κ1) is 19.3. The van der Waals surface area contributed by atoms with Gasteiger partial charge in [-0.1, -0.05) is 13.8 Å². The van der Waals surface area contributed by atoms with Gasteiger partial charge < -0.3 is 5.32 Å². The van der Waals surface area contributed by atoms with Crippen molar-refractivity contribution in [2.45, 2.75) is 59.7 Å². The van der Waals surface area contributed by atoms with Gasteiger partial charge in [-0.15, -0.1) is 16.4 Å². The number of thiophene rings is 1. The molecule has 0 aliphatic rings. The minimum Gasteiger partial charge on any atom is -0.350 e. The lowest BCUT2D eigenvalue weighted by Crippen LogP contribution is -2.43. The molecule has 0 aliphatic heterocycles. The highest BCUT2D eigenvalue weighted by Crippen LogP contribution is 2.17. The average molecular weight is 391 g/mol. The summed E-state index contributed by atoms with van der Waals surface area (Å²) in [6, 6.07) is 1.74. The molecule has 0 bridgehead atoms. The molecule has 0 fully saturated rings. The Bertz CT molecular complexity index is 1110. The van der Waals surface area contributed by atoms with E-state index in [4.69, 9.17) is 0 Å². The van der Waals surface area contributed by atoms with Gasteiger partial charge in [0.05, 0.1) is 5.52 Å². The summed E-state index contributed by atoms with van der Waals surface area (Å²) in [5, 5.41) is 8.93. The molecule has 146 valence electrons. The molecule has 3 heterocycles. The maximum Gasteiger partial charge on any atom is 0.352 e. The molecule has 0 radical (unpaired) electrons. The van der Waals surface area contributed by atoms with Crippen molar-refractivity contribution in [3.63, 3.8) is 0 Å². The van der Waals surface area contributed by atoms with E-state index in [-0.39, 0.29) is 23.8 Å². The molecule has 8 nitrogen and oxygen atoms in total. The SMILES string of the molecule is CC(C)CCn1c(=O)c2sccc2n2c(=O)n(CC(=O)NC(C)(C)C)nc12. The Morgan fingerprint density at radius 3 is 2.63 bits per heavy atom. The van der Waals surface area contributed by atoms with Crippen molar-refractivity contribution in [1.29, 1.82) is 0 Å². The molecule has 0 saturated heterocycles. The van der Waals surface area contributed by atoms with Crippen LogP contribution in [-0.2, 0) is 17.9 Å². The third-order valence-corrected chi connectivity index (χ3v) is 5.02. The van der Waals surface area contributed by atoms with Gasteiger partial charge in [-0.3, -0.25) is 14.2 Å². The number of hydrogen-bond donors (Lipinski definition) is 1. The van der Waals surface area contributed by atoms with Crippen LogP contribution in [0.1, 0.15) is 41.0 Å². The monoisotopic (exact) mass is 391 g/mol. The summed E-state index contributed by atoms with van der Waals surface area (Å²) in [7, 11) is 0. The lowest BCUT2D eigenvalue weighted by Gasteiger charge is -2.20. The van der Waals surface area contributed by atoms with Gasteiger partial charge in [0.25, 0.3) is 5.56 Å². The van der Waals surface area contributed by atoms with Crippen LogP contribution in [0, 0.1) is 5.92 Å². The first-order chi connectivity index (χ1) is 12.6. The Morgan fingerprint density at radius 2 is 2.00 bits per heavy atom. The highest BCUT2D eigenvalue weighted by Gasteiger charge is 2.21. The van der Waals surface area contributed by atoms with E-state index in [0.29, 0.717) is 22.7 Å². The second kappa shape index (κ2) is 6.95. The van der Waals surface area contributed by atoms with Crippen LogP contribution < -0.4 is 16.6 Å². The highest BCUT2D eigenvalue weighted by molar-refractivity contribution is 7.17. The molecule has 0 unspecified atom stereocenters. The first-order valence-electron chi connectivity index (χ1n) is 8.99.